The van der Waals surface area contributed by atoms with Gasteiger partial charge in [-0.25, -0.2) is 4.79 Å². The van der Waals surface area contributed by atoms with Crippen molar-refractivity contribution in [3.63, 3.8) is 0 Å². The van der Waals surface area contributed by atoms with Gasteiger partial charge in [0, 0.05) is 27.7 Å². The highest BCUT2D eigenvalue weighted by Gasteiger charge is 2.52. The molecule has 11 nitrogen and oxygen atoms in total. The molecule has 0 aromatic rings. The Morgan fingerprint density at radius 2 is 1.35 bits per heavy atom. The fourth-order valence-electron chi connectivity index (χ4n) is 2.36. The van der Waals surface area contributed by atoms with Crippen LogP contribution in [0.3, 0.4) is 0 Å². The van der Waals surface area contributed by atoms with Crippen LogP contribution in [0.5, 0.6) is 0 Å². The number of nitrogens with zero attached hydrogens (tertiary/aromatic N) is 1. The summed E-state index contributed by atoms with van der Waals surface area (Å²) in [4.78, 5) is 59.4. The maximum atomic E-state index is 11.5. The summed E-state index contributed by atoms with van der Waals surface area (Å²) >= 11 is 0. The SMILES string of the molecule is CC(=O)OC[C@H]1O[C@H](N=C=O)[C@H](OC(C)=O)[C@@H](OC(C)=O)[C@@H]1OC(C)=O. The largest absolute Gasteiger partial charge is 0.463 e. The molecule has 0 aromatic carbocycles. The van der Waals surface area contributed by atoms with Crippen molar-refractivity contribution in [2.75, 3.05) is 6.61 Å². The summed E-state index contributed by atoms with van der Waals surface area (Å²) in [7, 11) is 0. The van der Waals surface area contributed by atoms with Crippen LogP contribution in [0.15, 0.2) is 4.99 Å². The predicted octanol–water partition coefficient (Wildman–Crippen LogP) is -0.595. The second-order valence-corrected chi connectivity index (χ2v) is 5.31. The van der Waals surface area contributed by atoms with Gasteiger partial charge in [-0.3, -0.25) is 19.2 Å². The summed E-state index contributed by atoms with van der Waals surface area (Å²) in [5, 5.41) is 0. The number of carbonyl (C=O) groups is 4. The third kappa shape index (κ3) is 6.26. The quantitative estimate of drug-likeness (QED) is 0.256. The van der Waals surface area contributed by atoms with E-state index in [4.69, 9.17) is 23.7 Å². The van der Waals surface area contributed by atoms with E-state index in [2.05, 4.69) is 4.99 Å². The van der Waals surface area contributed by atoms with Gasteiger partial charge in [0.05, 0.1) is 0 Å². The van der Waals surface area contributed by atoms with E-state index in [1.54, 1.807) is 0 Å². The molecule has 1 aliphatic rings. The fraction of sp³-hybridized carbons (Fsp3) is 0.667. The zero-order valence-corrected chi connectivity index (χ0v) is 14.6. The lowest BCUT2D eigenvalue weighted by Crippen LogP contribution is -2.61. The molecule has 1 rings (SSSR count). The van der Waals surface area contributed by atoms with Gasteiger partial charge in [-0.15, -0.1) is 0 Å². The van der Waals surface area contributed by atoms with Crippen LogP contribution < -0.4 is 0 Å². The Kier molecular flexibility index (Phi) is 7.88. The van der Waals surface area contributed by atoms with Crippen LogP contribution in [0.2, 0.25) is 0 Å². The third-order valence-corrected chi connectivity index (χ3v) is 3.15. The summed E-state index contributed by atoms with van der Waals surface area (Å²) in [5.41, 5.74) is 0. The Labute approximate surface area is 148 Å². The first kappa shape index (κ1) is 21.3. The van der Waals surface area contributed by atoms with Gasteiger partial charge in [0.1, 0.15) is 12.7 Å². The minimum atomic E-state index is -1.41. The van der Waals surface area contributed by atoms with E-state index in [1.165, 1.54) is 6.08 Å². The third-order valence-electron chi connectivity index (χ3n) is 3.15. The number of esters is 4. The van der Waals surface area contributed by atoms with Gasteiger partial charge in [-0.1, -0.05) is 0 Å². The monoisotopic (exact) mass is 373 g/mol. The van der Waals surface area contributed by atoms with E-state index in [-0.39, 0.29) is 6.61 Å². The molecule has 144 valence electrons. The summed E-state index contributed by atoms with van der Waals surface area (Å²) in [6, 6.07) is 0. The molecular formula is C15H19NO10. The topological polar surface area (TPSA) is 144 Å². The van der Waals surface area contributed by atoms with Crippen molar-refractivity contribution in [2.24, 2.45) is 4.99 Å². The van der Waals surface area contributed by atoms with Crippen molar-refractivity contribution in [3.05, 3.63) is 0 Å². The molecule has 0 radical (unpaired) electrons. The zero-order chi connectivity index (χ0) is 19.9. The van der Waals surface area contributed by atoms with Crippen LogP contribution in [-0.4, -0.2) is 67.2 Å². The van der Waals surface area contributed by atoms with Crippen LogP contribution in [0, 0.1) is 0 Å². The maximum absolute atomic E-state index is 11.5. The fourth-order valence-corrected chi connectivity index (χ4v) is 2.36. The lowest BCUT2D eigenvalue weighted by atomic mass is 9.97. The molecule has 5 atom stereocenters. The first-order valence-corrected chi connectivity index (χ1v) is 7.53. The summed E-state index contributed by atoms with van der Waals surface area (Å²) in [5.74, 6) is -2.94. The number of aliphatic imine (C=N–C) groups is 1. The van der Waals surface area contributed by atoms with Crippen LogP contribution in [0.4, 0.5) is 0 Å². The Hall–Kier alpha value is -2.78. The molecule has 0 unspecified atom stereocenters. The van der Waals surface area contributed by atoms with Gasteiger partial charge in [0.15, 0.2) is 18.3 Å². The number of carbonyl (C=O) groups excluding carboxylic acids is 5. The predicted molar refractivity (Wildman–Crippen MR) is 80.1 cm³/mol. The van der Waals surface area contributed by atoms with Crippen LogP contribution in [0.1, 0.15) is 27.7 Å². The van der Waals surface area contributed by atoms with Gasteiger partial charge >= 0.3 is 23.9 Å². The lowest BCUT2D eigenvalue weighted by molar-refractivity contribution is -0.250. The highest BCUT2D eigenvalue weighted by molar-refractivity contribution is 5.68. The Morgan fingerprint density at radius 1 is 0.846 bits per heavy atom. The Morgan fingerprint density at radius 3 is 1.81 bits per heavy atom. The van der Waals surface area contributed by atoms with Crippen molar-refractivity contribution < 1.29 is 47.7 Å². The summed E-state index contributed by atoms with van der Waals surface area (Å²) < 4.78 is 25.6. The molecule has 0 aliphatic carbocycles. The van der Waals surface area contributed by atoms with Gasteiger partial charge in [-0.2, -0.15) is 4.99 Å². The molecule has 0 N–H and O–H groups in total. The second kappa shape index (κ2) is 9.64. The summed E-state index contributed by atoms with van der Waals surface area (Å²) in [6.45, 7) is 4.03. The molecule has 1 heterocycles. The summed E-state index contributed by atoms with van der Waals surface area (Å²) in [6.07, 6.45) is -5.30. The molecule has 0 bridgehead atoms. The molecule has 0 aromatic heterocycles. The maximum Gasteiger partial charge on any atom is 0.303 e. The standard InChI is InChI=1S/C15H19NO10/c1-7(18)22-5-11-12(23-8(2)19)13(24-9(3)20)14(25-10(4)21)15(26-11)16-6-17/h11-15H,5H2,1-4H3/t11-,12-,13+,14-,15+/m1/s1. The lowest BCUT2D eigenvalue weighted by Gasteiger charge is -2.42. The van der Waals surface area contributed by atoms with Gasteiger partial charge < -0.3 is 23.7 Å². The van der Waals surface area contributed by atoms with E-state index >= 15 is 0 Å². The normalized spacial score (nSPS) is 27.5. The molecule has 1 fully saturated rings. The van der Waals surface area contributed by atoms with Crippen molar-refractivity contribution in [3.8, 4) is 0 Å². The number of hydrogen-bond acceptors (Lipinski definition) is 11. The number of hydrogen-bond donors (Lipinski definition) is 0. The highest BCUT2D eigenvalue weighted by atomic mass is 16.7. The number of rotatable bonds is 6. The zero-order valence-electron chi connectivity index (χ0n) is 14.6. The number of isocyanates is 1. The molecule has 11 heteroatoms. The average molecular weight is 373 g/mol. The van der Waals surface area contributed by atoms with E-state index in [0.717, 1.165) is 27.7 Å². The molecule has 0 spiro atoms. The Balaban J connectivity index is 3.28. The van der Waals surface area contributed by atoms with Crippen molar-refractivity contribution in [1.29, 1.82) is 0 Å². The van der Waals surface area contributed by atoms with E-state index in [1.807, 2.05) is 0 Å². The minimum absolute atomic E-state index is 0.386. The van der Waals surface area contributed by atoms with Crippen molar-refractivity contribution >= 4 is 30.0 Å². The average Bonchev–Trinajstić information content (AvgIpc) is 2.50. The first-order chi connectivity index (χ1) is 12.1. The van der Waals surface area contributed by atoms with Crippen molar-refractivity contribution in [2.45, 2.75) is 58.3 Å². The molecule has 1 aliphatic heterocycles. The van der Waals surface area contributed by atoms with Crippen LogP contribution >= 0.6 is 0 Å². The molecule has 1 saturated heterocycles. The molecule has 26 heavy (non-hydrogen) atoms. The van der Waals surface area contributed by atoms with E-state index in [0.29, 0.717) is 0 Å². The van der Waals surface area contributed by atoms with Gasteiger partial charge in [0.25, 0.3) is 0 Å². The number of ether oxygens (including phenoxy) is 5. The van der Waals surface area contributed by atoms with E-state index < -0.39 is 54.5 Å². The van der Waals surface area contributed by atoms with Crippen LogP contribution in [0.25, 0.3) is 0 Å². The first-order valence-electron chi connectivity index (χ1n) is 7.53. The highest BCUT2D eigenvalue weighted by Crippen LogP contribution is 2.29. The van der Waals surface area contributed by atoms with Crippen LogP contribution in [-0.2, 0) is 47.7 Å². The van der Waals surface area contributed by atoms with Gasteiger partial charge in [0.2, 0.25) is 12.3 Å². The molecular weight excluding hydrogens is 354 g/mol. The van der Waals surface area contributed by atoms with Crippen molar-refractivity contribution in [1.82, 2.24) is 0 Å². The Bertz CT molecular complexity index is 612. The second-order valence-electron chi connectivity index (χ2n) is 5.31. The molecule has 0 amide bonds. The molecule has 0 saturated carbocycles. The van der Waals surface area contributed by atoms with Gasteiger partial charge in [-0.05, 0) is 0 Å². The minimum Gasteiger partial charge on any atom is -0.463 e. The smallest absolute Gasteiger partial charge is 0.303 e. The van der Waals surface area contributed by atoms with E-state index in [9.17, 15) is 24.0 Å².